The number of carbonyl (C=O) groups excluding carboxylic acids is 1. The molecule has 1 N–H and O–H groups in total. The lowest BCUT2D eigenvalue weighted by molar-refractivity contribution is 0.112. The van der Waals surface area contributed by atoms with Crippen LogP contribution >= 0.6 is 11.3 Å². The topological polar surface area (TPSA) is 37.3 Å². The van der Waals surface area contributed by atoms with Crippen molar-refractivity contribution in [2.75, 3.05) is 0 Å². The first kappa shape index (κ1) is 9.93. The van der Waals surface area contributed by atoms with Gasteiger partial charge in [-0.2, -0.15) is 0 Å². The molecule has 0 spiro atoms. The third-order valence-electron chi connectivity index (χ3n) is 2.33. The van der Waals surface area contributed by atoms with E-state index in [9.17, 15) is 9.90 Å². The van der Waals surface area contributed by atoms with Crippen LogP contribution in [0, 0.1) is 6.92 Å². The van der Waals surface area contributed by atoms with Gasteiger partial charge in [0.2, 0.25) is 0 Å². The van der Waals surface area contributed by atoms with Crippen LogP contribution in [0.2, 0.25) is 0 Å². The minimum absolute atomic E-state index is 0.0353. The zero-order valence-electron chi connectivity index (χ0n) is 8.23. The van der Waals surface area contributed by atoms with Gasteiger partial charge in [0, 0.05) is 4.88 Å². The molecule has 0 amide bonds. The Kier molecular flexibility index (Phi) is 2.56. The number of hydrogen-bond donors (Lipinski definition) is 1. The number of benzene rings is 1. The molecule has 0 aliphatic heterocycles. The molecule has 2 rings (SSSR count). The van der Waals surface area contributed by atoms with E-state index in [0.29, 0.717) is 11.8 Å². The van der Waals surface area contributed by atoms with Crippen LogP contribution in [-0.4, -0.2) is 11.4 Å². The van der Waals surface area contributed by atoms with E-state index in [1.807, 2.05) is 24.4 Å². The highest BCUT2D eigenvalue weighted by molar-refractivity contribution is 7.10. The van der Waals surface area contributed by atoms with Gasteiger partial charge in [0.1, 0.15) is 5.75 Å². The first-order valence-electron chi connectivity index (χ1n) is 4.55. The molecule has 2 nitrogen and oxygen atoms in total. The molecule has 1 aromatic carbocycles. The summed E-state index contributed by atoms with van der Waals surface area (Å²) in [4.78, 5) is 11.7. The molecule has 0 aliphatic carbocycles. The summed E-state index contributed by atoms with van der Waals surface area (Å²) in [7, 11) is 0. The van der Waals surface area contributed by atoms with Crippen molar-refractivity contribution in [2.24, 2.45) is 0 Å². The second-order valence-electron chi connectivity index (χ2n) is 3.28. The Bertz CT molecular complexity index is 500. The molecule has 0 unspecified atom stereocenters. The molecule has 0 atom stereocenters. The van der Waals surface area contributed by atoms with E-state index in [2.05, 4.69) is 0 Å². The number of phenols is 1. The Morgan fingerprint density at radius 3 is 2.67 bits per heavy atom. The van der Waals surface area contributed by atoms with Crippen molar-refractivity contribution in [1.29, 1.82) is 0 Å². The van der Waals surface area contributed by atoms with Gasteiger partial charge < -0.3 is 5.11 Å². The van der Waals surface area contributed by atoms with Gasteiger partial charge in [0.25, 0.3) is 0 Å². The standard InChI is InChI=1S/C12H10O2S/c1-8-11(4-5-15-8)9-2-3-10(7-13)12(14)6-9/h2-7,14H,1H3. The number of carbonyl (C=O) groups is 1. The molecule has 0 saturated heterocycles. The van der Waals surface area contributed by atoms with E-state index in [-0.39, 0.29) is 5.75 Å². The van der Waals surface area contributed by atoms with E-state index >= 15 is 0 Å². The maximum Gasteiger partial charge on any atom is 0.153 e. The van der Waals surface area contributed by atoms with Gasteiger partial charge in [-0.15, -0.1) is 11.3 Å². The summed E-state index contributed by atoms with van der Waals surface area (Å²) < 4.78 is 0. The van der Waals surface area contributed by atoms with E-state index in [4.69, 9.17) is 0 Å². The van der Waals surface area contributed by atoms with Crippen LogP contribution in [0.25, 0.3) is 11.1 Å². The molecule has 0 fully saturated rings. The molecular weight excluding hydrogens is 208 g/mol. The van der Waals surface area contributed by atoms with Crippen LogP contribution < -0.4 is 0 Å². The number of aldehydes is 1. The summed E-state index contributed by atoms with van der Waals surface area (Å²) in [6.07, 6.45) is 0.652. The largest absolute Gasteiger partial charge is 0.507 e. The second-order valence-corrected chi connectivity index (χ2v) is 4.40. The van der Waals surface area contributed by atoms with Crippen molar-refractivity contribution in [2.45, 2.75) is 6.92 Å². The zero-order chi connectivity index (χ0) is 10.8. The second kappa shape index (κ2) is 3.87. The Balaban J connectivity index is 2.52. The maximum atomic E-state index is 10.5. The number of phenolic OH excluding ortho intramolecular Hbond substituents is 1. The average molecular weight is 218 g/mol. The van der Waals surface area contributed by atoms with Crippen LogP contribution in [0.1, 0.15) is 15.2 Å². The van der Waals surface area contributed by atoms with Gasteiger partial charge in [-0.05, 0) is 41.6 Å². The predicted molar refractivity (Wildman–Crippen MR) is 61.5 cm³/mol. The summed E-state index contributed by atoms with van der Waals surface area (Å²) in [5.41, 5.74) is 2.37. The summed E-state index contributed by atoms with van der Waals surface area (Å²) >= 11 is 1.66. The number of aromatic hydroxyl groups is 1. The van der Waals surface area contributed by atoms with E-state index in [1.165, 1.54) is 4.88 Å². The minimum atomic E-state index is 0.0353. The Morgan fingerprint density at radius 1 is 1.33 bits per heavy atom. The quantitative estimate of drug-likeness (QED) is 0.786. The number of rotatable bonds is 2. The highest BCUT2D eigenvalue weighted by Gasteiger charge is 2.06. The van der Waals surface area contributed by atoms with Crippen LogP contribution in [0.3, 0.4) is 0 Å². The van der Waals surface area contributed by atoms with Crippen molar-refractivity contribution in [1.82, 2.24) is 0 Å². The van der Waals surface area contributed by atoms with Crippen molar-refractivity contribution >= 4 is 17.6 Å². The van der Waals surface area contributed by atoms with Gasteiger partial charge in [0.15, 0.2) is 6.29 Å². The SMILES string of the molecule is Cc1sccc1-c1ccc(C=O)c(O)c1. The number of aryl methyl sites for hydroxylation is 1. The molecule has 76 valence electrons. The molecule has 0 aliphatic rings. The molecule has 1 heterocycles. The normalized spacial score (nSPS) is 10.2. The molecule has 15 heavy (non-hydrogen) atoms. The summed E-state index contributed by atoms with van der Waals surface area (Å²) in [5.74, 6) is 0.0353. The first-order chi connectivity index (χ1) is 7.22. The zero-order valence-corrected chi connectivity index (χ0v) is 9.04. The van der Waals surface area contributed by atoms with Crippen LogP contribution in [0.15, 0.2) is 29.6 Å². The fourth-order valence-corrected chi connectivity index (χ4v) is 2.22. The molecular formula is C12H10O2S. The van der Waals surface area contributed by atoms with Crippen molar-refractivity contribution in [3.63, 3.8) is 0 Å². The number of thiophene rings is 1. The van der Waals surface area contributed by atoms with E-state index < -0.39 is 0 Å². The summed E-state index contributed by atoms with van der Waals surface area (Å²) in [6.45, 7) is 2.03. The van der Waals surface area contributed by atoms with Gasteiger partial charge in [0.05, 0.1) is 5.56 Å². The monoisotopic (exact) mass is 218 g/mol. The third kappa shape index (κ3) is 1.78. The van der Waals surface area contributed by atoms with Gasteiger partial charge in [-0.3, -0.25) is 4.79 Å². The lowest BCUT2D eigenvalue weighted by Gasteiger charge is -2.02. The highest BCUT2D eigenvalue weighted by atomic mass is 32.1. The predicted octanol–water partition coefficient (Wildman–Crippen LogP) is 3.24. The fraction of sp³-hybridized carbons (Fsp3) is 0.0833. The van der Waals surface area contributed by atoms with Crippen LogP contribution in [0.5, 0.6) is 5.75 Å². The Morgan fingerprint density at radius 2 is 2.13 bits per heavy atom. The van der Waals surface area contributed by atoms with E-state index in [0.717, 1.165) is 11.1 Å². The van der Waals surface area contributed by atoms with Gasteiger partial charge in [-0.25, -0.2) is 0 Å². The Labute approximate surface area is 91.8 Å². The van der Waals surface area contributed by atoms with Crippen molar-refractivity contribution in [3.8, 4) is 16.9 Å². The molecule has 0 radical (unpaired) electrons. The molecule has 2 aromatic rings. The van der Waals surface area contributed by atoms with Crippen molar-refractivity contribution < 1.29 is 9.90 Å². The first-order valence-corrected chi connectivity index (χ1v) is 5.43. The van der Waals surface area contributed by atoms with E-state index in [1.54, 1.807) is 23.5 Å². The molecule has 0 saturated carbocycles. The van der Waals surface area contributed by atoms with Crippen LogP contribution in [0.4, 0.5) is 0 Å². The summed E-state index contributed by atoms with van der Waals surface area (Å²) in [5, 5.41) is 11.6. The molecule has 3 heteroatoms. The van der Waals surface area contributed by atoms with Gasteiger partial charge in [-0.1, -0.05) is 6.07 Å². The molecule has 0 bridgehead atoms. The summed E-state index contributed by atoms with van der Waals surface area (Å²) in [6, 6.07) is 7.11. The fourth-order valence-electron chi connectivity index (χ4n) is 1.50. The lowest BCUT2D eigenvalue weighted by atomic mass is 10.0. The Hall–Kier alpha value is -1.61. The highest BCUT2D eigenvalue weighted by Crippen LogP contribution is 2.30. The molecule has 1 aromatic heterocycles. The maximum absolute atomic E-state index is 10.5. The third-order valence-corrected chi connectivity index (χ3v) is 3.17. The smallest absolute Gasteiger partial charge is 0.153 e. The average Bonchev–Trinajstić information content (AvgIpc) is 2.64. The van der Waals surface area contributed by atoms with Gasteiger partial charge >= 0.3 is 0 Å². The number of hydrogen-bond acceptors (Lipinski definition) is 3. The van der Waals surface area contributed by atoms with Crippen molar-refractivity contribution in [3.05, 3.63) is 40.1 Å². The van der Waals surface area contributed by atoms with Crippen LogP contribution in [-0.2, 0) is 0 Å². The lowest BCUT2D eigenvalue weighted by Crippen LogP contribution is -1.83. The minimum Gasteiger partial charge on any atom is -0.507 e.